The average Bonchev–Trinajstić information content (AvgIpc) is 2.64. The lowest BCUT2D eigenvalue weighted by Gasteiger charge is -2.05. The van der Waals surface area contributed by atoms with Crippen molar-refractivity contribution in [3.05, 3.63) is 70.3 Å². The number of methoxy groups -OCH3 is 1. The third-order valence-electron chi connectivity index (χ3n) is 3.28. The number of halogens is 1. The van der Waals surface area contributed by atoms with Gasteiger partial charge in [-0.05, 0) is 35.9 Å². The van der Waals surface area contributed by atoms with Gasteiger partial charge in [0.1, 0.15) is 17.4 Å². The van der Waals surface area contributed by atoms with Gasteiger partial charge in [0.25, 0.3) is 0 Å². The number of nitriles is 1. The first-order valence-electron chi connectivity index (χ1n) is 7.26. The Hall–Kier alpha value is -3.10. The largest absolute Gasteiger partial charge is 0.497 e. The number of Topliss-reactive ketones (excluding diaryl/α,β-unsaturated/α-hetero) is 1. The van der Waals surface area contributed by atoms with Crippen molar-refractivity contribution in [1.82, 2.24) is 0 Å². The van der Waals surface area contributed by atoms with Gasteiger partial charge in [0, 0.05) is 5.56 Å². The van der Waals surface area contributed by atoms with Crippen LogP contribution in [0, 0.1) is 11.3 Å². The third kappa shape index (κ3) is 4.93. The predicted octanol–water partition coefficient (Wildman–Crippen LogP) is 3.68. The lowest BCUT2D eigenvalue weighted by molar-refractivity contribution is -0.137. The van der Waals surface area contributed by atoms with Crippen molar-refractivity contribution in [3.8, 4) is 11.8 Å². The van der Waals surface area contributed by atoms with Crippen molar-refractivity contribution in [2.24, 2.45) is 0 Å². The molecule has 0 amide bonds. The van der Waals surface area contributed by atoms with Crippen LogP contribution in [0.5, 0.6) is 5.75 Å². The lowest BCUT2D eigenvalue weighted by atomic mass is 10.1. The van der Waals surface area contributed by atoms with Gasteiger partial charge in [-0.25, -0.2) is 4.79 Å². The van der Waals surface area contributed by atoms with Crippen molar-refractivity contribution >= 4 is 29.4 Å². The molecule has 0 aliphatic rings. The molecule has 0 unspecified atom stereocenters. The topological polar surface area (TPSA) is 76.4 Å². The highest BCUT2D eigenvalue weighted by Crippen LogP contribution is 2.17. The minimum Gasteiger partial charge on any atom is -0.497 e. The van der Waals surface area contributed by atoms with Crippen LogP contribution in [0.25, 0.3) is 6.08 Å². The fourth-order valence-electron chi connectivity index (χ4n) is 1.98. The SMILES string of the molecule is COc1ccc(/C=C(\C#N)C(=O)OCC(=O)c2ccccc2Cl)cc1. The van der Waals surface area contributed by atoms with E-state index in [0.29, 0.717) is 11.3 Å². The van der Waals surface area contributed by atoms with Gasteiger partial charge in [-0.15, -0.1) is 0 Å². The van der Waals surface area contributed by atoms with E-state index in [9.17, 15) is 9.59 Å². The van der Waals surface area contributed by atoms with E-state index in [0.717, 1.165) is 0 Å². The number of hydrogen-bond acceptors (Lipinski definition) is 5. The maximum atomic E-state index is 12.0. The van der Waals surface area contributed by atoms with Gasteiger partial charge in [-0.3, -0.25) is 4.79 Å². The van der Waals surface area contributed by atoms with E-state index in [2.05, 4.69) is 0 Å². The Morgan fingerprint density at radius 3 is 2.44 bits per heavy atom. The molecule has 0 aliphatic heterocycles. The van der Waals surface area contributed by atoms with Crippen LogP contribution < -0.4 is 4.74 Å². The molecule has 0 aliphatic carbocycles. The Kier molecular flexibility index (Phi) is 6.33. The predicted molar refractivity (Wildman–Crippen MR) is 93.3 cm³/mol. The summed E-state index contributed by atoms with van der Waals surface area (Å²) in [6.45, 7) is -0.496. The first-order chi connectivity index (χ1) is 12.0. The lowest BCUT2D eigenvalue weighted by Crippen LogP contribution is -2.15. The minimum atomic E-state index is -0.876. The Bertz CT molecular complexity index is 850. The second-order valence-corrected chi connectivity index (χ2v) is 5.33. The summed E-state index contributed by atoms with van der Waals surface area (Å²) in [4.78, 5) is 24.0. The van der Waals surface area contributed by atoms with E-state index in [1.165, 1.54) is 12.1 Å². The van der Waals surface area contributed by atoms with E-state index in [1.54, 1.807) is 55.6 Å². The third-order valence-corrected chi connectivity index (χ3v) is 3.61. The highest BCUT2D eigenvalue weighted by molar-refractivity contribution is 6.34. The molecule has 0 heterocycles. The highest BCUT2D eigenvalue weighted by Gasteiger charge is 2.15. The molecule has 0 aromatic heterocycles. The monoisotopic (exact) mass is 355 g/mol. The molecule has 0 radical (unpaired) electrons. The molecule has 0 fully saturated rings. The Balaban J connectivity index is 2.04. The number of nitrogens with zero attached hydrogens (tertiary/aromatic N) is 1. The molecule has 2 rings (SSSR count). The Morgan fingerprint density at radius 1 is 1.16 bits per heavy atom. The number of carbonyl (C=O) groups is 2. The summed E-state index contributed by atoms with van der Waals surface area (Å²) in [5, 5.41) is 9.41. The highest BCUT2D eigenvalue weighted by atomic mass is 35.5. The zero-order chi connectivity index (χ0) is 18.2. The summed E-state index contributed by atoms with van der Waals surface area (Å²) in [6.07, 6.45) is 1.38. The molecule has 0 spiro atoms. The van der Waals surface area contributed by atoms with Crippen LogP contribution in [0.1, 0.15) is 15.9 Å². The summed E-state index contributed by atoms with van der Waals surface area (Å²) in [7, 11) is 1.54. The number of rotatable bonds is 6. The van der Waals surface area contributed by atoms with Crippen molar-refractivity contribution in [2.45, 2.75) is 0 Å². The van der Waals surface area contributed by atoms with Crippen LogP contribution in [0.3, 0.4) is 0 Å². The van der Waals surface area contributed by atoms with E-state index in [4.69, 9.17) is 26.3 Å². The number of ether oxygens (including phenoxy) is 2. The van der Waals surface area contributed by atoms with Crippen LogP contribution >= 0.6 is 11.6 Å². The van der Waals surface area contributed by atoms with Crippen LogP contribution in [-0.2, 0) is 9.53 Å². The zero-order valence-electron chi connectivity index (χ0n) is 13.4. The number of hydrogen-bond donors (Lipinski definition) is 0. The van der Waals surface area contributed by atoms with Crippen LogP contribution in [0.15, 0.2) is 54.1 Å². The second-order valence-electron chi connectivity index (χ2n) is 4.92. The summed E-state index contributed by atoms with van der Waals surface area (Å²) >= 11 is 5.92. The number of esters is 1. The number of benzene rings is 2. The van der Waals surface area contributed by atoms with E-state index in [-0.39, 0.29) is 16.2 Å². The van der Waals surface area contributed by atoms with Gasteiger partial charge in [0.2, 0.25) is 5.78 Å². The van der Waals surface area contributed by atoms with E-state index >= 15 is 0 Å². The summed E-state index contributed by atoms with van der Waals surface area (Å²) < 4.78 is 9.96. The van der Waals surface area contributed by atoms with Gasteiger partial charge in [0.15, 0.2) is 6.61 Å². The minimum absolute atomic E-state index is 0.211. The number of ketones is 1. The molecule has 5 nitrogen and oxygen atoms in total. The quantitative estimate of drug-likeness (QED) is 0.342. The van der Waals surface area contributed by atoms with Crippen LogP contribution in [0.2, 0.25) is 5.02 Å². The van der Waals surface area contributed by atoms with Crippen LogP contribution in [0.4, 0.5) is 0 Å². The smallest absolute Gasteiger partial charge is 0.349 e. The second kappa shape index (κ2) is 8.67. The van der Waals surface area contributed by atoms with Crippen molar-refractivity contribution in [2.75, 3.05) is 13.7 Å². The first-order valence-corrected chi connectivity index (χ1v) is 7.63. The van der Waals surface area contributed by atoms with Crippen LogP contribution in [-0.4, -0.2) is 25.5 Å². The normalized spacial score (nSPS) is 10.7. The molecule has 6 heteroatoms. The van der Waals surface area contributed by atoms with Gasteiger partial charge >= 0.3 is 5.97 Å². The molecule has 2 aromatic carbocycles. The van der Waals surface area contributed by atoms with Crippen molar-refractivity contribution in [3.63, 3.8) is 0 Å². The molecule has 0 bridgehead atoms. The molecule has 25 heavy (non-hydrogen) atoms. The van der Waals surface area contributed by atoms with Crippen molar-refractivity contribution < 1.29 is 19.1 Å². The summed E-state index contributed by atoms with van der Waals surface area (Å²) in [6, 6.07) is 15.0. The molecule has 0 saturated carbocycles. The number of carbonyl (C=O) groups excluding carboxylic acids is 2. The van der Waals surface area contributed by atoms with Gasteiger partial charge in [0.05, 0.1) is 12.1 Å². The van der Waals surface area contributed by atoms with Gasteiger partial charge in [-0.2, -0.15) is 5.26 Å². The van der Waals surface area contributed by atoms with Crippen molar-refractivity contribution in [1.29, 1.82) is 5.26 Å². The summed E-state index contributed by atoms with van der Waals surface area (Å²) in [5.41, 5.74) is 0.679. The summed E-state index contributed by atoms with van der Waals surface area (Å²) in [5.74, 6) is -0.664. The fraction of sp³-hybridized carbons (Fsp3) is 0.105. The Labute approximate surface area is 150 Å². The molecule has 126 valence electrons. The van der Waals surface area contributed by atoms with Gasteiger partial charge in [-0.1, -0.05) is 35.9 Å². The molecule has 2 aromatic rings. The molecular weight excluding hydrogens is 342 g/mol. The molecular formula is C19H14ClNO4. The fourth-order valence-corrected chi connectivity index (χ4v) is 2.22. The van der Waals surface area contributed by atoms with E-state index in [1.807, 2.05) is 0 Å². The average molecular weight is 356 g/mol. The van der Waals surface area contributed by atoms with E-state index < -0.39 is 18.4 Å². The molecule has 0 saturated heterocycles. The molecule has 0 N–H and O–H groups in total. The standard InChI is InChI=1S/C19H14ClNO4/c1-24-15-8-6-13(7-9-15)10-14(11-21)19(23)25-12-18(22)16-4-2-3-5-17(16)20/h2-10H,12H2,1H3/b14-10+. The first kappa shape index (κ1) is 18.2. The molecule has 0 atom stereocenters. The Morgan fingerprint density at radius 2 is 1.84 bits per heavy atom. The maximum absolute atomic E-state index is 12.0. The maximum Gasteiger partial charge on any atom is 0.349 e. The van der Waals surface area contributed by atoms with Gasteiger partial charge < -0.3 is 9.47 Å². The zero-order valence-corrected chi connectivity index (χ0v) is 14.1.